The maximum absolute atomic E-state index is 12.4. The highest BCUT2D eigenvalue weighted by atomic mass is 32.2. The summed E-state index contributed by atoms with van der Waals surface area (Å²) >= 11 is 0. The summed E-state index contributed by atoms with van der Waals surface area (Å²) in [4.78, 5) is 9.38. The number of hydrogen-bond acceptors (Lipinski definition) is 4. The van der Waals surface area contributed by atoms with Crippen LogP contribution in [0.2, 0.25) is 0 Å². The zero-order valence-corrected chi connectivity index (χ0v) is 13.0. The number of hydrogen-bond donors (Lipinski definition) is 2. The molecule has 6 nitrogen and oxygen atoms in total. The Morgan fingerprint density at radius 2 is 2.05 bits per heavy atom. The van der Waals surface area contributed by atoms with Crippen LogP contribution >= 0.6 is 0 Å². The molecule has 2 aromatic rings. The lowest BCUT2D eigenvalue weighted by Gasteiger charge is -2.24. The summed E-state index contributed by atoms with van der Waals surface area (Å²) in [6, 6.07) is 0.338. The molecule has 21 heavy (non-hydrogen) atoms. The van der Waals surface area contributed by atoms with E-state index in [9.17, 15) is 4.21 Å². The minimum Gasteiger partial charge on any atom is -0.384 e. The van der Waals surface area contributed by atoms with Crippen LogP contribution in [0, 0.1) is 0 Å². The number of nitrogen functional groups attached to an aromatic ring is 1. The summed E-state index contributed by atoms with van der Waals surface area (Å²) in [5.41, 5.74) is 7.73. The fraction of sp³-hybridized carbons (Fsp3) is 0.571. The van der Waals surface area contributed by atoms with Crippen molar-refractivity contribution >= 4 is 28.0 Å². The third kappa shape index (κ3) is 2.55. The van der Waals surface area contributed by atoms with Crippen molar-refractivity contribution < 1.29 is 4.21 Å². The van der Waals surface area contributed by atoms with E-state index in [1.807, 2.05) is 11.5 Å². The number of nitrogens with one attached hydrogen (secondary N) is 1. The van der Waals surface area contributed by atoms with E-state index in [1.54, 1.807) is 12.4 Å². The smallest absolute Gasteiger partial charge is 0.161 e. The average Bonchev–Trinajstić information content (AvgIpc) is 2.80. The summed E-state index contributed by atoms with van der Waals surface area (Å²) in [5, 5.41) is 0. The van der Waals surface area contributed by atoms with Gasteiger partial charge in [0.15, 0.2) is 5.65 Å². The molecule has 3 rings (SSSR count). The molecule has 1 aliphatic carbocycles. The van der Waals surface area contributed by atoms with E-state index in [0.717, 1.165) is 18.5 Å². The lowest BCUT2D eigenvalue weighted by Crippen LogP contribution is -2.19. The van der Waals surface area contributed by atoms with Crippen molar-refractivity contribution in [2.45, 2.75) is 50.0 Å². The molecule has 1 aliphatic rings. The third-order valence-corrected chi connectivity index (χ3v) is 5.34. The quantitative estimate of drug-likeness (QED) is 0.906. The highest BCUT2D eigenvalue weighted by Crippen LogP contribution is 2.36. The van der Waals surface area contributed by atoms with Crippen LogP contribution in [0.1, 0.15) is 45.1 Å². The first-order chi connectivity index (χ1) is 10.2. The van der Waals surface area contributed by atoms with Gasteiger partial charge in [0.25, 0.3) is 0 Å². The Balaban J connectivity index is 2.15. The van der Waals surface area contributed by atoms with Crippen LogP contribution in [0.5, 0.6) is 0 Å². The number of fused-ring (bicyclic) bond motifs is 1. The molecule has 0 amide bonds. The summed E-state index contributed by atoms with van der Waals surface area (Å²) in [7, 11) is -1.35. The molecule has 0 spiro atoms. The third-order valence-electron chi connectivity index (χ3n) is 4.02. The van der Waals surface area contributed by atoms with Crippen molar-refractivity contribution in [3.05, 3.63) is 12.4 Å². The molecule has 1 fully saturated rings. The van der Waals surface area contributed by atoms with Crippen LogP contribution in [-0.2, 0) is 11.0 Å². The number of nitrogens with zero attached hydrogens (tertiary/aromatic N) is 3. The van der Waals surface area contributed by atoms with Crippen molar-refractivity contribution in [3.63, 3.8) is 0 Å². The van der Waals surface area contributed by atoms with E-state index in [4.69, 9.17) is 5.73 Å². The Hall–Kier alpha value is -1.47. The summed E-state index contributed by atoms with van der Waals surface area (Å²) in [6.45, 7) is 2.53. The molecule has 2 heterocycles. The van der Waals surface area contributed by atoms with Gasteiger partial charge in [-0.25, -0.2) is 18.9 Å². The number of aromatic nitrogens is 3. The summed E-state index contributed by atoms with van der Waals surface area (Å²) < 4.78 is 17.4. The van der Waals surface area contributed by atoms with E-state index in [0.29, 0.717) is 28.8 Å². The van der Waals surface area contributed by atoms with Gasteiger partial charge in [0, 0.05) is 25.0 Å². The number of anilines is 1. The second-order valence-corrected chi connectivity index (χ2v) is 6.61. The van der Waals surface area contributed by atoms with Gasteiger partial charge in [0.05, 0.1) is 0 Å². The SMILES string of the molecule is CCNS(=O)c1c(N)n(C2CCCCC2)c2nccnc12. The average molecular weight is 307 g/mol. The van der Waals surface area contributed by atoms with Gasteiger partial charge >= 0.3 is 0 Å². The van der Waals surface area contributed by atoms with E-state index >= 15 is 0 Å². The zero-order valence-electron chi connectivity index (χ0n) is 12.2. The normalized spacial score (nSPS) is 18.1. The number of rotatable bonds is 4. The Morgan fingerprint density at radius 3 is 2.76 bits per heavy atom. The molecule has 114 valence electrons. The van der Waals surface area contributed by atoms with E-state index in [1.165, 1.54) is 19.3 Å². The fourth-order valence-electron chi connectivity index (χ4n) is 3.11. The second-order valence-electron chi connectivity index (χ2n) is 5.37. The molecule has 1 atom stereocenters. The predicted molar refractivity (Wildman–Crippen MR) is 84.1 cm³/mol. The van der Waals surface area contributed by atoms with Crippen LogP contribution in [-0.4, -0.2) is 25.3 Å². The molecule has 0 radical (unpaired) electrons. The lowest BCUT2D eigenvalue weighted by molar-refractivity contribution is 0.362. The molecule has 7 heteroatoms. The van der Waals surface area contributed by atoms with Gasteiger partial charge in [0.1, 0.15) is 27.2 Å². The van der Waals surface area contributed by atoms with Gasteiger partial charge in [0.2, 0.25) is 0 Å². The summed E-state index contributed by atoms with van der Waals surface area (Å²) in [5.74, 6) is 0.544. The van der Waals surface area contributed by atoms with Crippen LogP contribution in [0.15, 0.2) is 17.3 Å². The van der Waals surface area contributed by atoms with Gasteiger partial charge in [-0.1, -0.05) is 26.2 Å². The van der Waals surface area contributed by atoms with Crippen LogP contribution < -0.4 is 10.5 Å². The van der Waals surface area contributed by atoms with Crippen LogP contribution in [0.3, 0.4) is 0 Å². The van der Waals surface area contributed by atoms with Gasteiger partial charge in [-0.2, -0.15) is 0 Å². The molecular formula is C14H21N5OS. The standard InChI is InChI=1S/C14H21N5OS/c1-2-18-21(20)12-11-14(17-9-8-16-11)19(13(12)15)10-6-4-3-5-7-10/h8-10,18H,2-7,15H2,1H3. The molecule has 3 N–H and O–H groups in total. The fourth-order valence-corrected chi connectivity index (χ4v) is 4.12. The topological polar surface area (TPSA) is 85.8 Å². The molecule has 1 unspecified atom stereocenters. The Labute approximate surface area is 126 Å². The molecular weight excluding hydrogens is 286 g/mol. The molecule has 1 saturated carbocycles. The van der Waals surface area contributed by atoms with Gasteiger partial charge in [-0.15, -0.1) is 0 Å². The largest absolute Gasteiger partial charge is 0.384 e. The van der Waals surface area contributed by atoms with Crippen LogP contribution in [0.25, 0.3) is 11.2 Å². The maximum atomic E-state index is 12.4. The first-order valence-corrected chi connectivity index (χ1v) is 8.64. The molecule has 0 aromatic carbocycles. The minimum absolute atomic E-state index is 0.338. The maximum Gasteiger partial charge on any atom is 0.161 e. The van der Waals surface area contributed by atoms with Gasteiger partial charge in [-0.3, -0.25) is 0 Å². The molecule has 0 bridgehead atoms. The minimum atomic E-state index is -1.35. The van der Waals surface area contributed by atoms with Crippen molar-refractivity contribution in [2.75, 3.05) is 12.3 Å². The highest BCUT2D eigenvalue weighted by Gasteiger charge is 2.26. The monoisotopic (exact) mass is 307 g/mol. The van der Waals surface area contributed by atoms with E-state index in [2.05, 4.69) is 14.7 Å². The first-order valence-electron chi connectivity index (χ1n) is 7.49. The Kier molecular flexibility index (Phi) is 4.21. The van der Waals surface area contributed by atoms with Gasteiger partial charge in [-0.05, 0) is 12.8 Å². The Bertz CT molecular complexity index is 663. The summed E-state index contributed by atoms with van der Waals surface area (Å²) in [6.07, 6.45) is 9.17. The Morgan fingerprint density at radius 1 is 1.33 bits per heavy atom. The lowest BCUT2D eigenvalue weighted by atomic mass is 9.95. The molecule has 2 aromatic heterocycles. The van der Waals surface area contributed by atoms with Crippen molar-refractivity contribution in [1.82, 2.24) is 19.3 Å². The van der Waals surface area contributed by atoms with E-state index < -0.39 is 11.0 Å². The van der Waals surface area contributed by atoms with Crippen molar-refractivity contribution in [1.29, 1.82) is 0 Å². The molecule has 0 saturated heterocycles. The highest BCUT2D eigenvalue weighted by molar-refractivity contribution is 7.83. The van der Waals surface area contributed by atoms with Gasteiger partial charge < -0.3 is 10.3 Å². The van der Waals surface area contributed by atoms with Crippen molar-refractivity contribution in [3.8, 4) is 0 Å². The second kappa shape index (κ2) is 6.11. The predicted octanol–water partition coefficient (Wildman–Crippen LogP) is 2.15. The van der Waals surface area contributed by atoms with Crippen molar-refractivity contribution in [2.24, 2.45) is 0 Å². The van der Waals surface area contributed by atoms with E-state index in [-0.39, 0.29) is 0 Å². The first kappa shape index (κ1) is 14.5. The van der Waals surface area contributed by atoms with Crippen LogP contribution in [0.4, 0.5) is 5.82 Å². The zero-order chi connectivity index (χ0) is 14.8. The number of nitrogens with two attached hydrogens (primary N) is 1. The molecule has 0 aliphatic heterocycles.